The Morgan fingerprint density at radius 3 is 2.44 bits per heavy atom. The number of ether oxygens (including phenoxy) is 1. The second kappa shape index (κ2) is 7.28. The van der Waals surface area contributed by atoms with E-state index in [1.165, 1.54) is 0 Å². The van der Waals surface area contributed by atoms with Crippen molar-refractivity contribution in [3.63, 3.8) is 0 Å². The molecule has 1 aromatic rings. The van der Waals surface area contributed by atoms with Crippen molar-refractivity contribution in [2.75, 3.05) is 7.11 Å². The maximum absolute atomic E-state index is 13.1. The van der Waals surface area contributed by atoms with Crippen LogP contribution in [0.15, 0.2) is 18.2 Å². The van der Waals surface area contributed by atoms with E-state index < -0.39 is 41.6 Å². The van der Waals surface area contributed by atoms with Crippen molar-refractivity contribution in [2.24, 2.45) is 0 Å². The molecule has 25 heavy (non-hydrogen) atoms. The van der Waals surface area contributed by atoms with Crippen LogP contribution in [0, 0.1) is 5.82 Å². The lowest BCUT2D eigenvalue weighted by Crippen LogP contribution is -2.57. The van der Waals surface area contributed by atoms with Gasteiger partial charge in [0.2, 0.25) is 5.91 Å². The van der Waals surface area contributed by atoms with Gasteiger partial charge in [0.05, 0.1) is 12.7 Å². The Balaban J connectivity index is 2.15. The van der Waals surface area contributed by atoms with Crippen LogP contribution in [0.1, 0.15) is 36.8 Å². The molecule has 0 aromatic heterocycles. The third kappa shape index (κ3) is 4.40. The lowest BCUT2D eigenvalue weighted by atomic mass is 9.96. The first-order valence-corrected chi connectivity index (χ1v) is 7.68. The molecule has 1 aliphatic carbocycles. The predicted molar refractivity (Wildman–Crippen MR) is 80.0 cm³/mol. The lowest BCUT2D eigenvalue weighted by molar-refractivity contribution is -0.138. The molecule has 1 saturated carbocycles. The van der Waals surface area contributed by atoms with Gasteiger partial charge < -0.3 is 15.4 Å². The van der Waals surface area contributed by atoms with Gasteiger partial charge in [-0.25, -0.2) is 9.18 Å². The highest BCUT2D eigenvalue weighted by molar-refractivity contribution is 5.90. The van der Waals surface area contributed by atoms with Crippen LogP contribution in [-0.4, -0.2) is 24.6 Å². The number of hydrogen-bond acceptors (Lipinski definition) is 3. The highest BCUT2D eigenvalue weighted by Crippen LogP contribution is 2.33. The summed E-state index contributed by atoms with van der Waals surface area (Å²) in [5.41, 5.74) is -2.60. The van der Waals surface area contributed by atoms with E-state index in [0.29, 0.717) is 31.7 Å². The van der Waals surface area contributed by atoms with Crippen molar-refractivity contribution in [1.29, 1.82) is 0 Å². The molecule has 0 aliphatic heterocycles. The molecule has 0 spiro atoms. The Morgan fingerprint density at radius 2 is 1.88 bits per heavy atom. The zero-order valence-corrected chi connectivity index (χ0v) is 13.5. The maximum atomic E-state index is 13.1. The van der Waals surface area contributed by atoms with Gasteiger partial charge in [-0.2, -0.15) is 13.2 Å². The van der Waals surface area contributed by atoms with Gasteiger partial charge in [0.25, 0.3) is 0 Å². The van der Waals surface area contributed by atoms with Crippen LogP contribution in [0.25, 0.3) is 0 Å². The van der Waals surface area contributed by atoms with Crippen molar-refractivity contribution in [3.8, 4) is 0 Å². The predicted octanol–water partition coefficient (Wildman–Crippen LogP) is 3.13. The van der Waals surface area contributed by atoms with E-state index in [1.807, 2.05) is 0 Å². The number of alkyl halides is 3. The number of benzene rings is 1. The average Bonchev–Trinajstić information content (AvgIpc) is 3.02. The van der Waals surface area contributed by atoms with Gasteiger partial charge in [-0.15, -0.1) is 0 Å². The van der Waals surface area contributed by atoms with Crippen LogP contribution in [0.3, 0.4) is 0 Å². The fourth-order valence-electron chi connectivity index (χ4n) is 2.95. The molecule has 1 aromatic carbocycles. The molecule has 138 valence electrons. The van der Waals surface area contributed by atoms with Crippen molar-refractivity contribution in [3.05, 3.63) is 35.1 Å². The fraction of sp³-hybridized carbons (Fsp3) is 0.500. The summed E-state index contributed by atoms with van der Waals surface area (Å²) in [5, 5.41) is 4.89. The number of nitrogens with one attached hydrogen (secondary N) is 2. The van der Waals surface area contributed by atoms with Crippen LogP contribution < -0.4 is 10.6 Å². The molecule has 2 amide bonds. The molecular weight excluding hydrogens is 344 g/mol. The van der Waals surface area contributed by atoms with Gasteiger partial charge >= 0.3 is 12.3 Å². The number of alkyl carbamates (subject to hydrolysis) is 1. The first-order valence-electron chi connectivity index (χ1n) is 7.68. The second-order valence-electron chi connectivity index (χ2n) is 5.89. The third-order valence-electron chi connectivity index (χ3n) is 4.24. The van der Waals surface area contributed by atoms with E-state index >= 15 is 0 Å². The standard InChI is InChI=1S/C16H18F4N2O3/c1-25-14(24)22-15(6-2-3-7-15)13(23)21-9-10-4-5-11(17)8-12(10)16(18,19)20/h4-5,8H,2-3,6-7,9H2,1H3,(H,21,23)(H,22,24). The number of carbonyl (C=O) groups excluding carboxylic acids is 2. The SMILES string of the molecule is COC(=O)NC1(C(=O)NCc2ccc(F)cc2C(F)(F)F)CCCC1. The fourth-order valence-corrected chi connectivity index (χ4v) is 2.95. The second-order valence-corrected chi connectivity index (χ2v) is 5.89. The Morgan fingerprint density at radius 1 is 1.24 bits per heavy atom. The number of carbonyl (C=O) groups is 2. The van der Waals surface area contributed by atoms with E-state index in [9.17, 15) is 27.2 Å². The normalized spacial score (nSPS) is 16.4. The van der Waals surface area contributed by atoms with Gasteiger partial charge in [0.1, 0.15) is 11.4 Å². The zero-order chi connectivity index (χ0) is 18.7. The van der Waals surface area contributed by atoms with E-state index in [1.54, 1.807) is 0 Å². The van der Waals surface area contributed by atoms with Crippen molar-refractivity contribution >= 4 is 12.0 Å². The number of methoxy groups -OCH3 is 1. The quantitative estimate of drug-likeness (QED) is 0.809. The molecule has 0 saturated heterocycles. The summed E-state index contributed by atoms with van der Waals surface area (Å²) in [4.78, 5) is 24.0. The van der Waals surface area contributed by atoms with E-state index in [2.05, 4.69) is 15.4 Å². The molecule has 0 heterocycles. The number of halogens is 4. The van der Waals surface area contributed by atoms with Crippen molar-refractivity contribution in [2.45, 2.75) is 43.9 Å². The summed E-state index contributed by atoms with van der Waals surface area (Å²) in [6.07, 6.45) is -3.40. The van der Waals surface area contributed by atoms with Gasteiger partial charge in [0.15, 0.2) is 0 Å². The number of hydrogen-bond donors (Lipinski definition) is 2. The molecule has 0 atom stereocenters. The monoisotopic (exact) mass is 362 g/mol. The summed E-state index contributed by atoms with van der Waals surface area (Å²) >= 11 is 0. The van der Waals surface area contributed by atoms with Gasteiger partial charge in [0, 0.05) is 6.54 Å². The molecule has 0 unspecified atom stereocenters. The topological polar surface area (TPSA) is 67.4 Å². The molecule has 0 bridgehead atoms. The Labute approximate surface area is 141 Å². The summed E-state index contributed by atoms with van der Waals surface area (Å²) < 4.78 is 56.6. The van der Waals surface area contributed by atoms with Gasteiger partial charge in [-0.1, -0.05) is 18.9 Å². The molecule has 0 radical (unpaired) electrons. The van der Waals surface area contributed by atoms with Gasteiger partial charge in [-0.05, 0) is 30.5 Å². The van der Waals surface area contributed by atoms with Crippen molar-refractivity contribution < 1.29 is 31.9 Å². The van der Waals surface area contributed by atoms with Crippen LogP contribution >= 0.6 is 0 Å². The molecular formula is C16H18F4N2O3. The van der Waals surface area contributed by atoms with Gasteiger partial charge in [-0.3, -0.25) is 4.79 Å². The number of amides is 2. The molecule has 1 aliphatic rings. The van der Waals surface area contributed by atoms with E-state index in [-0.39, 0.29) is 5.56 Å². The molecule has 2 N–H and O–H groups in total. The average molecular weight is 362 g/mol. The lowest BCUT2D eigenvalue weighted by Gasteiger charge is -2.28. The summed E-state index contributed by atoms with van der Waals surface area (Å²) in [6.45, 7) is -0.432. The van der Waals surface area contributed by atoms with Crippen molar-refractivity contribution in [1.82, 2.24) is 10.6 Å². The smallest absolute Gasteiger partial charge is 0.416 e. The molecule has 5 nitrogen and oxygen atoms in total. The molecule has 9 heteroatoms. The van der Waals surface area contributed by atoms with E-state index in [0.717, 1.165) is 19.2 Å². The van der Waals surface area contributed by atoms with Crippen LogP contribution in [0.4, 0.5) is 22.4 Å². The Hall–Kier alpha value is -2.32. The third-order valence-corrected chi connectivity index (χ3v) is 4.24. The maximum Gasteiger partial charge on any atom is 0.416 e. The Bertz CT molecular complexity index is 655. The summed E-state index contributed by atoms with van der Waals surface area (Å²) in [6, 6.07) is 2.27. The minimum absolute atomic E-state index is 0.256. The minimum atomic E-state index is -4.74. The van der Waals surface area contributed by atoms with Crippen LogP contribution in [-0.2, 0) is 22.3 Å². The first-order chi connectivity index (χ1) is 11.7. The largest absolute Gasteiger partial charge is 0.453 e. The van der Waals surface area contributed by atoms with E-state index in [4.69, 9.17) is 0 Å². The Kier molecular flexibility index (Phi) is 5.54. The summed E-state index contributed by atoms with van der Waals surface area (Å²) in [5.74, 6) is -1.60. The zero-order valence-electron chi connectivity index (χ0n) is 13.5. The van der Waals surface area contributed by atoms with Crippen LogP contribution in [0.5, 0.6) is 0 Å². The minimum Gasteiger partial charge on any atom is -0.453 e. The number of rotatable bonds is 4. The molecule has 1 fully saturated rings. The molecule has 2 rings (SSSR count). The van der Waals surface area contributed by atoms with Crippen LogP contribution in [0.2, 0.25) is 0 Å². The summed E-state index contributed by atoms with van der Waals surface area (Å²) in [7, 11) is 1.16. The highest BCUT2D eigenvalue weighted by atomic mass is 19.4. The first kappa shape index (κ1) is 19.0. The highest BCUT2D eigenvalue weighted by Gasteiger charge is 2.43.